The Morgan fingerprint density at radius 3 is 2.56 bits per heavy atom. The van der Waals surface area contributed by atoms with Gasteiger partial charge in [0.25, 0.3) is 0 Å². The second-order valence-corrected chi connectivity index (χ2v) is 9.08. The number of nitrogens with zero attached hydrogens (tertiary/aromatic N) is 2. The summed E-state index contributed by atoms with van der Waals surface area (Å²) in [5, 5.41) is 4.28. The number of fused-ring (bicyclic) bond motifs is 1. The molecule has 3 heterocycles. The van der Waals surface area contributed by atoms with Gasteiger partial charge in [-0.05, 0) is 73.3 Å². The third-order valence-corrected chi connectivity index (χ3v) is 6.75. The normalized spacial score (nSPS) is 15.1. The summed E-state index contributed by atoms with van der Waals surface area (Å²) in [7, 11) is 0. The summed E-state index contributed by atoms with van der Waals surface area (Å²) in [4.78, 5) is 15.0. The minimum Gasteiger partial charge on any atom is -0.469 e. The van der Waals surface area contributed by atoms with Gasteiger partial charge in [-0.2, -0.15) is 0 Å². The van der Waals surface area contributed by atoms with Crippen LogP contribution in [0.2, 0.25) is 0 Å². The van der Waals surface area contributed by atoms with Crippen LogP contribution in [0.4, 0.5) is 4.39 Å². The molecule has 0 radical (unpaired) electrons. The van der Waals surface area contributed by atoms with Gasteiger partial charge in [0.15, 0.2) is 0 Å². The molecule has 0 saturated carbocycles. The number of likely N-dealkylation sites (tertiary alicyclic amines) is 1. The Hall–Kier alpha value is -3.38. The second-order valence-electron chi connectivity index (χ2n) is 9.08. The van der Waals surface area contributed by atoms with Gasteiger partial charge in [0.2, 0.25) is 5.91 Å². The van der Waals surface area contributed by atoms with Gasteiger partial charge in [-0.3, -0.25) is 9.69 Å². The van der Waals surface area contributed by atoms with Gasteiger partial charge in [0.05, 0.1) is 6.26 Å². The van der Waals surface area contributed by atoms with E-state index in [1.807, 2.05) is 24.3 Å². The smallest absolute Gasteiger partial charge is 0.223 e. The second kappa shape index (κ2) is 10.3. The van der Waals surface area contributed by atoms with Crippen molar-refractivity contribution in [3.63, 3.8) is 0 Å². The standard InChI is InChI=1S/C28H30FN3O2/c29-24-9-7-21(8-10-24)19-32-25(18-23-4-1-2-6-27(23)32)20-31-15-12-22(13-16-31)28(33)30-14-11-26-5-3-17-34-26/h1-10,17-18,22H,11-16,19-20H2,(H,30,33). The molecule has 0 atom stereocenters. The first kappa shape index (κ1) is 22.4. The zero-order valence-electron chi connectivity index (χ0n) is 19.3. The Labute approximate surface area is 199 Å². The molecule has 0 spiro atoms. The van der Waals surface area contributed by atoms with Crippen molar-refractivity contribution in [1.82, 2.24) is 14.8 Å². The van der Waals surface area contributed by atoms with Gasteiger partial charge in [-0.15, -0.1) is 0 Å². The fraction of sp³-hybridized carbons (Fsp3) is 0.321. The van der Waals surface area contributed by atoms with Crippen molar-refractivity contribution < 1.29 is 13.6 Å². The van der Waals surface area contributed by atoms with Crippen molar-refractivity contribution in [3.8, 4) is 0 Å². The maximum atomic E-state index is 13.4. The number of carbonyl (C=O) groups excluding carboxylic acids is 1. The van der Waals surface area contributed by atoms with Crippen molar-refractivity contribution in [2.45, 2.75) is 32.4 Å². The minimum atomic E-state index is -0.214. The number of furan rings is 1. The van der Waals surface area contributed by atoms with Crippen LogP contribution >= 0.6 is 0 Å². The highest BCUT2D eigenvalue weighted by molar-refractivity contribution is 5.81. The van der Waals surface area contributed by atoms with Crippen molar-refractivity contribution in [1.29, 1.82) is 0 Å². The number of carbonyl (C=O) groups is 1. The van der Waals surface area contributed by atoms with Crippen LogP contribution in [0.1, 0.15) is 29.9 Å². The number of rotatable bonds is 8. The lowest BCUT2D eigenvalue weighted by Gasteiger charge is -2.31. The zero-order chi connectivity index (χ0) is 23.3. The quantitative estimate of drug-likeness (QED) is 0.404. The first-order chi connectivity index (χ1) is 16.7. The van der Waals surface area contributed by atoms with Gasteiger partial charge < -0.3 is 14.3 Å². The Balaban J connectivity index is 1.20. The number of nitrogens with one attached hydrogen (secondary N) is 1. The lowest BCUT2D eigenvalue weighted by molar-refractivity contribution is -0.126. The van der Waals surface area contributed by atoms with E-state index in [1.54, 1.807) is 6.26 Å². The van der Waals surface area contributed by atoms with E-state index in [-0.39, 0.29) is 17.6 Å². The predicted octanol–water partition coefficient (Wildman–Crippen LogP) is 4.99. The largest absolute Gasteiger partial charge is 0.469 e. The van der Waals surface area contributed by atoms with E-state index in [0.717, 1.165) is 50.2 Å². The van der Waals surface area contributed by atoms with E-state index in [4.69, 9.17) is 4.42 Å². The lowest BCUT2D eigenvalue weighted by atomic mass is 9.95. The van der Waals surface area contributed by atoms with E-state index >= 15 is 0 Å². The Kier molecular flexibility index (Phi) is 6.77. The molecule has 1 N–H and O–H groups in total. The molecule has 1 fully saturated rings. The summed E-state index contributed by atoms with van der Waals surface area (Å²) in [5.74, 6) is 0.898. The predicted molar refractivity (Wildman–Crippen MR) is 131 cm³/mol. The summed E-state index contributed by atoms with van der Waals surface area (Å²) in [6.45, 7) is 3.94. The van der Waals surface area contributed by atoms with Gasteiger partial charge in [0.1, 0.15) is 11.6 Å². The topological polar surface area (TPSA) is 50.4 Å². The summed E-state index contributed by atoms with van der Waals surface area (Å²) in [6, 6.07) is 21.2. The Morgan fingerprint density at radius 2 is 1.79 bits per heavy atom. The minimum absolute atomic E-state index is 0.0675. The molecule has 34 heavy (non-hydrogen) atoms. The molecule has 1 aliphatic heterocycles. The van der Waals surface area contributed by atoms with Crippen LogP contribution < -0.4 is 5.32 Å². The van der Waals surface area contributed by atoms with E-state index in [9.17, 15) is 9.18 Å². The van der Waals surface area contributed by atoms with Crippen LogP contribution in [-0.4, -0.2) is 35.0 Å². The number of para-hydroxylation sites is 1. The maximum absolute atomic E-state index is 13.4. The first-order valence-electron chi connectivity index (χ1n) is 12.0. The molecule has 0 unspecified atom stereocenters. The number of hydrogen-bond acceptors (Lipinski definition) is 3. The lowest BCUT2D eigenvalue weighted by Crippen LogP contribution is -2.40. The van der Waals surface area contributed by atoms with Crippen LogP contribution in [0.3, 0.4) is 0 Å². The molecule has 5 rings (SSSR count). The number of piperidine rings is 1. The fourth-order valence-electron chi connectivity index (χ4n) is 4.85. The average Bonchev–Trinajstić information content (AvgIpc) is 3.49. The maximum Gasteiger partial charge on any atom is 0.223 e. The number of amides is 1. The fourth-order valence-corrected chi connectivity index (χ4v) is 4.85. The highest BCUT2D eigenvalue weighted by atomic mass is 19.1. The highest BCUT2D eigenvalue weighted by Gasteiger charge is 2.25. The number of hydrogen-bond donors (Lipinski definition) is 1. The van der Waals surface area contributed by atoms with Crippen LogP contribution in [0.5, 0.6) is 0 Å². The first-order valence-corrected chi connectivity index (χ1v) is 12.0. The summed E-state index contributed by atoms with van der Waals surface area (Å²) in [5.41, 5.74) is 3.51. The molecule has 5 nitrogen and oxygen atoms in total. The zero-order valence-corrected chi connectivity index (χ0v) is 19.3. The van der Waals surface area contributed by atoms with Gasteiger partial charge in [0, 0.05) is 43.2 Å². The molecule has 6 heteroatoms. The van der Waals surface area contributed by atoms with Crippen molar-refractivity contribution in [2.24, 2.45) is 5.92 Å². The Bertz CT molecular complexity index is 1220. The molecule has 1 amide bonds. The van der Waals surface area contributed by atoms with Crippen molar-refractivity contribution >= 4 is 16.8 Å². The highest BCUT2D eigenvalue weighted by Crippen LogP contribution is 2.25. The summed E-state index contributed by atoms with van der Waals surface area (Å²) in [6.07, 6.45) is 4.11. The summed E-state index contributed by atoms with van der Waals surface area (Å²) >= 11 is 0. The Morgan fingerprint density at radius 1 is 1.00 bits per heavy atom. The van der Waals surface area contributed by atoms with E-state index in [1.165, 1.54) is 28.7 Å². The molecule has 1 aliphatic rings. The van der Waals surface area contributed by atoms with Gasteiger partial charge in [-0.1, -0.05) is 30.3 Å². The van der Waals surface area contributed by atoms with Crippen LogP contribution in [0, 0.1) is 11.7 Å². The van der Waals surface area contributed by atoms with Gasteiger partial charge >= 0.3 is 0 Å². The van der Waals surface area contributed by atoms with Crippen LogP contribution in [0.25, 0.3) is 10.9 Å². The molecule has 1 saturated heterocycles. The number of benzene rings is 2. The number of halogens is 1. The van der Waals surface area contributed by atoms with E-state index in [2.05, 4.69) is 45.1 Å². The molecule has 2 aromatic carbocycles. The number of aromatic nitrogens is 1. The third-order valence-electron chi connectivity index (χ3n) is 6.75. The molecular formula is C28H30FN3O2. The average molecular weight is 460 g/mol. The van der Waals surface area contributed by atoms with E-state index < -0.39 is 0 Å². The van der Waals surface area contributed by atoms with Gasteiger partial charge in [-0.25, -0.2) is 4.39 Å². The molecule has 0 bridgehead atoms. The van der Waals surface area contributed by atoms with E-state index in [0.29, 0.717) is 13.1 Å². The van der Waals surface area contributed by atoms with Crippen molar-refractivity contribution in [3.05, 3.63) is 95.8 Å². The summed E-state index contributed by atoms with van der Waals surface area (Å²) < 4.78 is 21.0. The van der Waals surface area contributed by atoms with Crippen LogP contribution in [0.15, 0.2) is 77.4 Å². The molecule has 2 aromatic heterocycles. The molecule has 4 aromatic rings. The molecule has 176 valence electrons. The van der Waals surface area contributed by atoms with Crippen molar-refractivity contribution in [2.75, 3.05) is 19.6 Å². The monoisotopic (exact) mass is 459 g/mol. The third kappa shape index (κ3) is 5.23. The van der Waals surface area contributed by atoms with Crippen LogP contribution in [-0.2, 0) is 24.3 Å². The SMILES string of the molecule is O=C(NCCc1ccco1)C1CCN(Cc2cc3ccccc3n2Cc2ccc(F)cc2)CC1. The molecular weight excluding hydrogens is 429 g/mol. The molecule has 0 aliphatic carbocycles.